The van der Waals surface area contributed by atoms with E-state index in [4.69, 9.17) is 17.2 Å². The second-order valence-electron chi connectivity index (χ2n) is 6.80. The van der Waals surface area contributed by atoms with Gasteiger partial charge in [-0.2, -0.15) is 0 Å². The Balaban J connectivity index is 0.00000190. The molecule has 0 bridgehead atoms. The molecule has 1 saturated heterocycles. The fraction of sp³-hybridized carbons (Fsp3) is 0.450. The molecule has 1 aromatic carbocycles. The fourth-order valence-electron chi connectivity index (χ4n) is 2.84. The van der Waals surface area contributed by atoms with Crippen molar-refractivity contribution in [2.24, 2.45) is 17.2 Å². The Morgan fingerprint density at radius 1 is 1.04 bits per heavy atom. The minimum Gasteiger partial charge on any atom is -0.507 e. The van der Waals surface area contributed by atoms with E-state index in [9.17, 15) is 15.0 Å². The summed E-state index contributed by atoms with van der Waals surface area (Å²) in [4.78, 5) is 15.7. The first kappa shape index (κ1) is 23.2. The lowest BCUT2D eigenvalue weighted by atomic mass is 10.1. The zero-order valence-corrected chi connectivity index (χ0v) is 17.1. The average molecular weight is 392 g/mol. The SMILES string of the molecule is CC.CC(C)(O)C(=O)N1CCN(C(/C=C(\N)c2ccccc2O)=C(N)N)CC1. The Morgan fingerprint density at radius 3 is 2.00 bits per heavy atom. The lowest BCUT2D eigenvalue weighted by molar-refractivity contribution is -0.149. The molecule has 0 radical (unpaired) electrons. The van der Waals surface area contributed by atoms with Gasteiger partial charge in [-0.3, -0.25) is 4.79 Å². The number of hydrogen-bond donors (Lipinski definition) is 5. The third kappa shape index (κ3) is 5.82. The average Bonchev–Trinajstić information content (AvgIpc) is 2.66. The van der Waals surface area contributed by atoms with Crippen molar-refractivity contribution in [3.05, 3.63) is 47.4 Å². The maximum absolute atomic E-state index is 12.2. The van der Waals surface area contributed by atoms with E-state index >= 15 is 0 Å². The molecule has 0 aliphatic carbocycles. The highest BCUT2D eigenvalue weighted by Crippen LogP contribution is 2.23. The van der Waals surface area contributed by atoms with Crippen LogP contribution in [0.2, 0.25) is 0 Å². The van der Waals surface area contributed by atoms with Crippen LogP contribution in [-0.4, -0.2) is 57.7 Å². The van der Waals surface area contributed by atoms with Crippen LogP contribution >= 0.6 is 0 Å². The summed E-state index contributed by atoms with van der Waals surface area (Å²) in [6.07, 6.45) is 1.62. The minimum atomic E-state index is -1.40. The number of aliphatic hydroxyl groups is 1. The third-order valence-corrected chi connectivity index (χ3v) is 4.23. The standard InChI is InChI=1S/C18H27N5O3.C2H6/c1-18(2,26)17(25)23-9-7-22(8-10-23)14(16(20)21)11-13(19)12-5-3-4-6-15(12)24;1-2/h3-6,11,24,26H,7-10,19-21H2,1-2H3;1-2H3/b13-11-;. The minimum absolute atomic E-state index is 0.0665. The van der Waals surface area contributed by atoms with Gasteiger partial charge in [0.25, 0.3) is 5.91 Å². The molecule has 2 rings (SSSR count). The molecule has 1 aliphatic heterocycles. The summed E-state index contributed by atoms with van der Waals surface area (Å²) in [6, 6.07) is 6.72. The third-order valence-electron chi connectivity index (χ3n) is 4.23. The van der Waals surface area contributed by atoms with Crippen LogP contribution in [-0.2, 0) is 4.79 Å². The summed E-state index contributed by atoms with van der Waals surface area (Å²) in [5.41, 5.74) is 17.7. The Labute approximate surface area is 166 Å². The molecule has 1 amide bonds. The summed E-state index contributed by atoms with van der Waals surface area (Å²) in [7, 11) is 0. The van der Waals surface area contributed by atoms with Crippen LogP contribution in [0.15, 0.2) is 41.9 Å². The van der Waals surface area contributed by atoms with Gasteiger partial charge in [-0.15, -0.1) is 0 Å². The van der Waals surface area contributed by atoms with Crippen molar-refractivity contribution in [1.82, 2.24) is 9.80 Å². The van der Waals surface area contributed by atoms with Crippen molar-refractivity contribution >= 4 is 11.6 Å². The Kier molecular flexibility index (Phi) is 8.18. The first-order valence-corrected chi connectivity index (χ1v) is 9.38. The van der Waals surface area contributed by atoms with Gasteiger partial charge in [-0.05, 0) is 32.1 Å². The molecule has 1 heterocycles. The van der Waals surface area contributed by atoms with Gasteiger partial charge in [0.05, 0.1) is 5.70 Å². The van der Waals surface area contributed by atoms with Crippen LogP contribution in [0, 0.1) is 0 Å². The van der Waals surface area contributed by atoms with E-state index in [1.807, 2.05) is 18.7 Å². The lowest BCUT2D eigenvalue weighted by Crippen LogP contribution is -2.54. The number of carbonyl (C=O) groups is 1. The summed E-state index contributed by atoms with van der Waals surface area (Å²) in [6.45, 7) is 8.81. The number of nitrogens with zero attached hydrogens (tertiary/aromatic N) is 2. The molecule has 0 unspecified atom stereocenters. The maximum Gasteiger partial charge on any atom is 0.254 e. The van der Waals surface area contributed by atoms with Crippen LogP contribution in [0.3, 0.4) is 0 Å². The highest BCUT2D eigenvalue weighted by atomic mass is 16.3. The normalized spacial score (nSPS) is 14.8. The molecule has 156 valence electrons. The summed E-state index contributed by atoms with van der Waals surface area (Å²) in [5.74, 6) is -0.143. The number of nitrogens with two attached hydrogens (primary N) is 3. The first-order valence-electron chi connectivity index (χ1n) is 9.38. The molecule has 0 spiro atoms. The van der Waals surface area contributed by atoms with Crippen LogP contribution in [0.4, 0.5) is 0 Å². The Bertz CT molecular complexity index is 726. The van der Waals surface area contributed by atoms with Crippen molar-refractivity contribution < 1.29 is 15.0 Å². The van der Waals surface area contributed by atoms with Crippen LogP contribution in [0.1, 0.15) is 33.3 Å². The number of carbonyl (C=O) groups excluding carboxylic acids is 1. The number of piperazine rings is 1. The quantitative estimate of drug-likeness (QED) is 0.476. The Hall–Kier alpha value is -2.87. The topological polar surface area (TPSA) is 142 Å². The Morgan fingerprint density at radius 2 is 1.54 bits per heavy atom. The predicted molar refractivity (Wildman–Crippen MR) is 111 cm³/mol. The summed E-state index contributed by atoms with van der Waals surface area (Å²) >= 11 is 0. The first-order chi connectivity index (χ1) is 13.1. The van der Waals surface area contributed by atoms with Gasteiger partial charge in [0.15, 0.2) is 0 Å². The monoisotopic (exact) mass is 391 g/mol. The van der Waals surface area contributed by atoms with E-state index in [2.05, 4.69) is 0 Å². The number of rotatable bonds is 4. The largest absolute Gasteiger partial charge is 0.507 e. The van der Waals surface area contributed by atoms with Gasteiger partial charge in [-0.25, -0.2) is 0 Å². The smallest absolute Gasteiger partial charge is 0.254 e. The molecule has 8 N–H and O–H groups in total. The van der Waals surface area contributed by atoms with E-state index < -0.39 is 5.60 Å². The number of amides is 1. The van der Waals surface area contributed by atoms with Crippen LogP contribution in [0.5, 0.6) is 5.75 Å². The van der Waals surface area contributed by atoms with Gasteiger partial charge in [0.2, 0.25) is 0 Å². The van der Waals surface area contributed by atoms with Crippen molar-refractivity contribution in [3.8, 4) is 5.75 Å². The molecule has 0 atom stereocenters. The number of benzene rings is 1. The van der Waals surface area contributed by atoms with E-state index in [1.54, 1.807) is 35.2 Å². The molecule has 1 aromatic rings. The van der Waals surface area contributed by atoms with E-state index in [0.29, 0.717) is 43.1 Å². The lowest BCUT2D eigenvalue weighted by Gasteiger charge is -2.38. The molecule has 8 nitrogen and oxygen atoms in total. The summed E-state index contributed by atoms with van der Waals surface area (Å²) < 4.78 is 0. The number of phenols is 1. The molecule has 28 heavy (non-hydrogen) atoms. The van der Waals surface area contributed by atoms with E-state index in [0.717, 1.165) is 0 Å². The van der Waals surface area contributed by atoms with Gasteiger partial charge in [0.1, 0.15) is 17.2 Å². The molecule has 8 heteroatoms. The van der Waals surface area contributed by atoms with Crippen molar-refractivity contribution in [1.29, 1.82) is 0 Å². The molecule has 1 aliphatic rings. The van der Waals surface area contributed by atoms with Gasteiger partial charge in [-0.1, -0.05) is 26.0 Å². The maximum atomic E-state index is 12.2. The molecular weight excluding hydrogens is 358 g/mol. The van der Waals surface area contributed by atoms with Crippen molar-refractivity contribution in [2.75, 3.05) is 26.2 Å². The van der Waals surface area contributed by atoms with Gasteiger partial charge < -0.3 is 37.2 Å². The molecular formula is C20H33N5O3. The van der Waals surface area contributed by atoms with Crippen LogP contribution < -0.4 is 17.2 Å². The fourth-order valence-corrected chi connectivity index (χ4v) is 2.84. The zero-order valence-electron chi connectivity index (χ0n) is 17.1. The zero-order chi connectivity index (χ0) is 21.5. The van der Waals surface area contributed by atoms with E-state index in [-0.39, 0.29) is 17.5 Å². The summed E-state index contributed by atoms with van der Waals surface area (Å²) in [5, 5.41) is 19.8. The number of hydrogen-bond acceptors (Lipinski definition) is 7. The van der Waals surface area contributed by atoms with Crippen molar-refractivity contribution in [3.63, 3.8) is 0 Å². The molecule has 0 aromatic heterocycles. The van der Waals surface area contributed by atoms with E-state index in [1.165, 1.54) is 13.8 Å². The molecule has 0 saturated carbocycles. The highest BCUT2D eigenvalue weighted by molar-refractivity contribution is 5.84. The van der Waals surface area contributed by atoms with Crippen molar-refractivity contribution in [2.45, 2.75) is 33.3 Å². The second-order valence-corrected chi connectivity index (χ2v) is 6.80. The highest BCUT2D eigenvalue weighted by Gasteiger charge is 2.31. The number of para-hydroxylation sites is 1. The number of aromatic hydroxyl groups is 1. The van der Waals surface area contributed by atoms with Gasteiger partial charge >= 0.3 is 0 Å². The number of allylic oxidation sites excluding steroid dienone is 1. The second kappa shape index (κ2) is 9.89. The number of phenolic OH excluding ortho intramolecular Hbond substituents is 1. The molecule has 1 fully saturated rings. The predicted octanol–water partition coefficient (Wildman–Crippen LogP) is 0.720. The van der Waals surface area contributed by atoms with Crippen LogP contribution in [0.25, 0.3) is 5.70 Å². The van der Waals surface area contributed by atoms with Gasteiger partial charge in [0, 0.05) is 37.4 Å².